The normalized spacial score (nSPS) is 12.9. The van der Waals surface area contributed by atoms with Crippen LogP contribution in [0.2, 0.25) is 0 Å². The Hall–Kier alpha value is -0.430. The molecule has 0 heterocycles. The van der Waals surface area contributed by atoms with E-state index in [0.717, 1.165) is 0 Å². The molecule has 96 valence electrons. The third kappa shape index (κ3) is 4.06. The first-order valence-electron chi connectivity index (χ1n) is 6.31. The van der Waals surface area contributed by atoms with E-state index in [0.29, 0.717) is 0 Å². The van der Waals surface area contributed by atoms with Crippen LogP contribution in [0.15, 0.2) is 17.0 Å². The lowest BCUT2D eigenvalue weighted by Crippen LogP contribution is -2.13. The standard InChI is InChI=1S/C16H26S/c1-11-9-13(15(3,4)5)10-12(2)14(11)17-16(6,7)8/h9-10H,1-8H3. The van der Waals surface area contributed by atoms with Crippen LogP contribution in [0.5, 0.6) is 0 Å². The third-order valence-corrected chi connectivity index (χ3v) is 4.20. The van der Waals surface area contributed by atoms with Crippen LogP contribution in [0.4, 0.5) is 0 Å². The smallest absolute Gasteiger partial charge is 0.0136 e. The molecule has 0 nitrogen and oxygen atoms in total. The van der Waals surface area contributed by atoms with E-state index in [1.54, 1.807) is 0 Å². The highest BCUT2D eigenvalue weighted by atomic mass is 32.2. The largest absolute Gasteiger partial charge is 0.120 e. The predicted octanol–water partition coefficient (Wildman–Crippen LogP) is 5.49. The number of hydrogen-bond donors (Lipinski definition) is 0. The molecule has 0 aliphatic carbocycles. The van der Waals surface area contributed by atoms with Crippen molar-refractivity contribution in [3.8, 4) is 0 Å². The summed E-state index contributed by atoms with van der Waals surface area (Å²) < 4.78 is 0.277. The van der Waals surface area contributed by atoms with Crippen LogP contribution in [0.25, 0.3) is 0 Å². The molecule has 0 unspecified atom stereocenters. The van der Waals surface area contributed by atoms with Gasteiger partial charge < -0.3 is 0 Å². The van der Waals surface area contributed by atoms with Crippen LogP contribution in [0.1, 0.15) is 58.2 Å². The van der Waals surface area contributed by atoms with Crippen LogP contribution in [0, 0.1) is 13.8 Å². The molecule has 0 fully saturated rings. The molecule has 1 aromatic rings. The zero-order valence-electron chi connectivity index (χ0n) is 12.6. The maximum absolute atomic E-state index is 2.35. The number of aryl methyl sites for hydroxylation is 2. The summed E-state index contributed by atoms with van der Waals surface area (Å²) in [5, 5.41) is 0. The predicted molar refractivity (Wildman–Crippen MR) is 80.2 cm³/mol. The monoisotopic (exact) mass is 250 g/mol. The Morgan fingerprint density at radius 1 is 0.824 bits per heavy atom. The van der Waals surface area contributed by atoms with Gasteiger partial charge in [0.2, 0.25) is 0 Å². The van der Waals surface area contributed by atoms with Crippen molar-refractivity contribution in [1.82, 2.24) is 0 Å². The summed E-state index contributed by atoms with van der Waals surface area (Å²) in [7, 11) is 0. The van der Waals surface area contributed by atoms with E-state index in [4.69, 9.17) is 0 Å². The first-order valence-corrected chi connectivity index (χ1v) is 7.13. The van der Waals surface area contributed by atoms with E-state index < -0.39 is 0 Å². The molecule has 0 saturated carbocycles. The summed E-state index contributed by atoms with van der Waals surface area (Å²) in [5.74, 6) is 0. The Bertz CT molecular complexity index is 380. The van der Waals surface area contributed by atoms with Crippen molar-refractivity contribution in [3.05, 3.63) is 28.8 Å². The van der Waals surface area contributed by atoms with Crippen LogP contribution in [-0.4, -0.2) is 4.75 Å². The van der Waals surface area contributed by atoms with Crippen molar-refractivity contribution < 1.29 is 0 Å². The molecule has 0 amide bonds. The summed E-state index contributed by atoms with van der Waals surface area (Å²) in [6, 6.07) is 4.70. The van der Waals surface area contributed by atoms with Crippen LogP contribution in [-0.2, 0) is 5.41 Å². The second-order valence-electron chi connectivity index (χ2n) is 6.90. The van der Waals surface area contributed by atoms with Gasteiger partial charge in [0.05, 0.1) is 0 Å². The first-order chi connectivity index (χ1) is 7.50. The zero-order valence-corrected chi connectivity index (χ0v) is 13.4. The highest BCUT2D eigenvalue weighted by Gasteiger charge is 2.19. The maximum Gasteiger partial charge on any atom is 0.0136 e. The number of thioether (sulfide) groups is 1. The van der Waals surface area contributed by atoms with Gasteiger partial charge in [-0.1, -0.05) is 53.7 Å². The minimum Gasteiger partial charge on any atom is -0.120 e. The molecule has 0 radical (unpaired) electrons. The van der Waals surface area contributed by atoms with E-state index in [1.165, 1.54) is 21.6 Å². The Labute approximate surface area is 111 Å². The van der Waals surface area contributed by atoms with E-state index in [2.05, 4.69) is 67.5 Å². The van der Waals surface area contributed by atoms with E-state index >= 15 is 0 Å². The van der Waals surface area contributed by atoms with Gasteiger partial charge in [0.15, 0.2) is 0 Å². The van der Waals surface area contributed by atoms with Crippen molar-refractivity contribution in [1.29, 1.82) is 0 Å². The van der Waals surface area contributed by atoms with Gasteiger partial charge in [-0.3, -0.25) is 0 Å². The van der Waals surface area contributed by atoms with Crippen LogP contribution >= 0.6 is 11.8 Å². The van der Waals surface area contributed by atoms with Crippen LogP contribution < -0.4 is 0 Å². The fourth-order valence-electron chi connectivity index (χ4n) is 1.85. The summed E-state index contributed by atoms with van der Waals surface area (Å²) >= 11 is 1.97. The number of hydrogen-bond acceptors (Lipinski definition) is 1. The van der Waals surface area contributed by atoms with E-state index in [1.807, 2.05) is 11.8 Å². The maximum atomic E-state index is 2.35. The molecule has 1 rings (SSSR count). The first kappa shape index (κ1) is 14.6. The molecule has 0 spiro atoms. The summed E-state index contributed by atoms with van der Waals surface area (Å²) in [6.45, 7) is 18.1. The molecule has 0 aromatic heterocycles. The SMILES string of the molecule is Cc1cc(C(C)(C)C)cc(C)c1SC(C)(C)C. The minimum absolute atomic E-state index is 0.237. The highest BCUT2D eigenvalue weighted by Crippen LogP contribution is 2.38. The van der Waals surface area contributed by atoms with Crippen molar-refractivity contribution >= 4 is 11.8 Å². The van der Waals surface area contributed by atoms with Gasteiger partial charge in [-0.2, -0.15) is 0 Å². The van der Waals surface area contributed by atoms with Gasteiger partial charge in [-0.15, -0.1) is 11.8 Å². The van der Waals surface area contributed by atoms with Crippen molar-refractivity contribution in [2.75, 3.05) is 0 Å². The Morgan fingerprint density at radius 2 is 1.24 bits per heavy atom. The Kier molecular flexibility index (Phi) is 4.03. The molecule has 0 aliphatic heterocycles. The average Bonchev–Trinajstić information content (AvgIpc) is 2.07. The molecule has 1 heteroatoms. The molecule has 0 N–H and O–H groups in total. The second kappa shape index (κ2) is 4.68. The van der Waals surface area contributed by atoms with E-state index in [9.17, 15) is 0 Å². The molecular weight excluding hydrogens is 224 g/mol. The van der Waals surface area contributed by atoms with E-state index in [-0.39, 0.29) is 10.2 Å². The fraction of sp³-hybridized carbons (Fsp3) is 0.625. The molecule has 17 heavy (non-hydrogen) atoms. The molecule has 1 aromatic carbocycles. The van der Waals surface area contributed by atoms with Crippen LogP contribution in [0.3, 0.4) is 0 Å². The van der Waals surface area contributed by atoms with Crippen molar-refractivity contribution in [2.45, 2.75) is 70.4 Å². The molecule has 0 aliphatic rings. The third-order valence-electron chi connectivity index (χ3n) is 2.73. The number of benzene rings is 1. The topological polar surface area (TPSA) is 0 Å². The zero-order chi connectivity index (χ0) is 13.4. The van der Waals surface area contributed by atoms with Gasteiger partial charge in [-0.05, 0) is 36.0 Å². The lowest BCUT2D eigenvalue weighted by Gasteiger charge is -2.25. The summed E-state index contributed by atoms with van der Waals surface area (Å²) in [5.41, 5.74) is 4.50. The van der Waals surface area contributed by atoms with Gasteiger partial charge in [-0.25, -0.2) is 0 Å². The molecular formula is C16H26S. The minimum atomic E-state index is 0.237. The Balaban J connectivity index is 3.20. The van der Waals surface area contributed by atoms with Gasteiger partial charge in [0, 0.05) is 9.64 Å². The lowest BCUT2D eigenvalue weighted by molar-refractivity contribution is 0.588. The fourth-order valence-corrected chi connectivity index (χ4v) is 2.90. The van der Waals surface area contributed by atoms with Crippen molar-refractivity contribution in [3.63, 3.8) is 0 Å². The quantitative estimate of drug-likeness (QED) is 0.594. The summed E-state index contributed by atoms with van der Waals surface area (Å²) in [6.07, 6.45) is 0. The molecule has 0 atom stereocenters. The molecule has 0 saturated heterocycles. The van der Waals surface area contributed by atoms with Gasteiger partial charge in [0.25, 0.3) is 0 Å². The van der Waals surface area contributed by atoms with Gasteiger partial charge in [0.1, 0.15) is 0 Å². The molecule has 0 bridgehead atoms. The van der Waals surface area contributed by atoms with Crippen molar-refractivity contribution in [2.24, 2.45) is 0 Å². The average molecular weight is 250 g/mol. The summed E-state index contributed by atoms with van der Waals surface area (Å²) in [4.78, 5) is 1.45. The number of rotatable bonds is 1. The van der Waals surface area contributed by atoms with Gasteiger partial charge >= 0.3 is 0 Å². The Morgan fingerprint density at radius 3 is 1.53 bits per heavy atom. The second-order valence-corrected chi connectivity index (χ2v) is 8.74. The highest BCUT2D eigenvalue weighted by molar-refractivity contribution is 8.00. The lowest BCUT2D eigenvalue weighted by atomic mass is 9.85.